The third-order valence-electron chi connectivity index (χ3n) is 9.60. The van der Waals surface area contributed by atoms with Gasteiger partial charge >= 0.3 is 0 Å². The summed E-state index contributed by atoms with van der Waals surface area (Å²) in [6, 6.07) is 30.5. The highest BCUT2D eigenvalue weighted by molar-refractivity contribution is 6.09. The molecule has 0 unspecified atom stereocenters. The molecule has 48 heavy (non-hydrogen) atoms. The Bertz CT molecular complexity index is 1770. The van der Waals surface area contributed by atoms with Crippen LogP contribution in [0.5, 0.6) is 0 Å². The van der Waals surface area contributed by atoms with Crippen LogP contribution in [-0.2, 0) is 25.4 Å². The number of hydrogen-bond acceptors (Lipinski definition) is 8. The van der Waals surface area contributed by atoms with E-state index in [4.69, 9.17) is 14.2 Å². The van der Waals surface area contributed by atoms with Crippen LogP contribution in [0.2, 0.25) is 0 Å². The van der Waals surface area contributed by atoms with Gasteiger partial charge in [-0.25, -0.2) is 4.90 Å². The van der Waals surface area contributed by atoms with E-state index in [1.54, 1.807) is 0 Å². The number of anilines is 4. The molecule has 3 aliphatic rings. The molecule has 2 N–H and O–H groups in total. The third-order valence-corrected chi connectivity index (χ3v) is 9.60. The molecular weight excluding hydrogens is 606 g/mol. The van der Waals surface area contributed by atoms with E-state index < -0.39 is 23.7 Å². The minimum absolute atomic E-state index is 0.190. The van der Waals surface area contributed by atoms with Gasteiger partial charge in [-0.1, -0.05) is 48.5 Å². The molecule has 0 saturated carbocycles. The fraction of sp³-hybridized carbons (Fsp3) is 0.316. The summed E-state index contributed by atoms with van der Waals surface area (Å²) in [5.41, 5.74) is 4.23. The van der Waals surface area contributed by atoms with E-state index in [-0.39, 0.29) is 18.0 Å². The minimum atomic E-state index is -0.853. The third kappa shape index (κ3) is 5.31. The van der Waals surface area contributed by atoms with E-state index in [0.29, 0.717) is 29.1 Å². The van der Waals surface area contributed by atoms with Gasteiger partial charge in [-0.05, 0) is 73.5 Å². The molecule has 3 heterocycles. The Labute approximate surface area is 281 Å². The summed E-state index contributed by atoms with van der Waals surface area (Å²) in [7, 11) is 7.67. The van der Waals surface area contributed by atoms with Crippen molar-refractivity contribution in [2.24, 2.45) is 0 Å². The minimum Gasteiger partial charge on any atom is -0.377 e. The highest BCUT2D eigenvalue weighted by atomic mass is 16.7. The van der Waals surface area contributed by atoms with E-state index in [2.05, 4.69) is 15.5 Å². The topological polar surface area (TPSA) is 95.6 Å². The van der Waals surface area contributed by atoms with Crippen molar-refractivity contribution in [2.45, 2.75) is 43.7 Å². The zero-order chi connectivity index (χ0) is 33.8. The largest absolute Gasteiger partial charge is 0.377 e. The number of benzene rings is 4. The van der Waals surface area contributed by atoms with E-state index in [1.165, 1.54) is 0 Å². The molecule has 4 aromatic carbocycles. The monoisotopic (exact) mass is 647 g/mol. The number of rotatable bonds is 8. The van der Waals surface area contributed by atoms with Crippen molar-refractivity contribution in [1.82, 2.24) is 4.90 Å². The summed E-state index contributed by atoms with van der Waals surface area (Å²) >= 11 is 0. The van der Waals surface area contributed by atoms with Crippen LogP contribution in [-0.4, -0.2) is 70.2 Å². The number of carbonyl (C=O) groups is 2. The van der Waals surface area contributed by atoms with Crippen molar-refractivity contribution >= 4 is 34.6 Å². The second-order valence-corrected chi connectivity index (χ2v) is 13.3. The van der Waals surface area contributed by atoms with Crippen LogP contribution >= 0.6 is 0 Å². The predicted molar refractivity (Wildman–Crippen MR) is 186 cm³/mol. The van der Waals surface area contributed by atoms with Gasteiger partial charge in [-0.3, -0.25) is 9.59 Å². The Hall–Kier alpha value is -4.74. The van der Waals surface area contributed by atoms with E-state index in [0.717, 1.165) is 22.5 Å². The molecule has 3 aliphatic heterocycles. The average molecular weight is 648 g/mol. The first kappa shape index (κ1) is 31.8. The maximum Gasteiger partial charge on any atom is 0.257 e. The van der Waals surface area contributed by atoms with Crippen LogP contribution in [0.4, 0.5) is 22.7 Å². The highest BCUT2D eigenvalue weighted by Crippen LogP contribution is 2.56. The summed E-state index contributed by atoms with van der Waals surface area (Å²) in [6.07, 6.45) is -1.17. The fourth-order valence-electron chi connectivity index (χ4n) is 7.14. The van der Waals surface area contributed by atoms with Crippen LogP contribution in [0.1, 0.15) is 45.7 Å². The number of ether oxygens (including phenoxy) is 3. The molecule has 3 fully saturated rings. The zero-order valence-electron chi connectivity index (χ0n) is 28.1. The van der Waals surface area contributed by atoms with Gasteiger partial charge in [0.25, 0.3) is 11.8 Å². The van der Waals surface area contributed by atoms with Gasteiger partial charge < -0.3 is 34.6 Å². The molecule has 0 aliphatic carbocycles. The Morgan fingerprint density at radius 2 is 1.15 bits per heavy atom. The molecule has 10 heteroatoms. The van der Waals surface area contributed by atoms with Gasteiger partial charge in [0.05, 0.1) is 17.7 Å². The van der Waals surface area contributed by atoms with E-state index >= 15 is 0 Å². The number of para-hydroxylation sites is 2. The summed E-state index contributed by atoms with van der Waals surface area (Å²) in [5.74, 6) is -0.380. The van der Waals surface area contributed by atoms with Crippen LogP contribution in [0.15, 0.2) is 97.1 Å². The summed E-state index contributed by atoms with van der Waals surface area (Å²) in [6.45, 7) is 4.45. The quantitative estimate of drug-likeness (QED) is 0.247. The van der Waals surface area contributed by atoms with Crippen molar-refractivity contribution in [3.8, 4) is 0 Å². The molecule has 0 spiro atoms. The summed E-state index contributed by atoms with van der Waals surface area (Å²) < 4.78 is 19.9. The van der Waals surface area contributed by atoms with Gasteiger partial charge in [0.1, 0.15) is 29.9 Å². The van der Waals surface area contributed by atoms with Crippen molar-refractivity contribution in [3.63, 3.8) is 0 Å². The van der Waals surface area contributed by atoms with Crippen molar-refractivity contribution < 1.29 is 23.8 Å². The average Bonchev–Trinajstić information content (AvgIpc) is 3.73. The Balaban J connectivity index is 1.14. The molecule has 0 aromatic heterocycles. The Morgan fingerprint density at radius 3 is 1.65 bits per heavy atom. The van der Waals surface area contributed by atoms with Crippen molar-refractivity contribution in [3.05, 3.63) is 119 Å². The second kappa shape index (κ2) is 12.1. The van der Waals surface area contributed by atoms with Gasteiger partial charge in [-0.2, -0.15) is 0 Å². The van der Waals surface area contributed by atoms with Gasteiger partial charge in [0.15, 0.2) is 0 Å². The first-order valence-electron chi connectivity index (χ1n) is 16.1. The normalized spacial score (nSPS) is 25.8. The SMILES string of the molecule is CN(C)c1ccccc1C(=O)Nc1cccc([C@@]2(C)O[C@H]3CO[C@@H]4N3[C@H]2O[C@]4(C)c2cccc(NC(=O)c3ccccc3N(C)C)c2)c1. The Morgan fingerprint density at radius 1 is 0.667 bits per heavy atom. The molecule has 10 nitrogen and oxygen atoms in total. The smallest absolute Gasteiger partial charge is 0.257 e. The maximum atomic E-state index is 13.4. The zero-order valence-corrected chi connectivity index (χ0v) is 28.1. The van der Waals surface area contributed by atoms with Crippen LogP contribution in [0.25, 0.3) is 0 Å². The van der Waals surface area contributed by atoms with Gasteiger partial charge in [0, 0.05) is 50.9 Å². The number of carbonyl (C=O) groups excluding carboxylic acids is 2. The van der Waals surface area contributed by atoms with Gasteiger partial charge in [-0.15, -0.1) is 0 Å². The lowest BCUT2D eigenvalue weighted by molar-refractivity contribution is -0.138. The van der Waals surface area contributed by atoms with Gasteiger partial charge in [0.2, 0.25) is 0 Å². The lowest BCUT2D eigenvalue weighted by Crippen LogP contribution is -2.40. The first-order valence-corrected chi connectivity index (χ1v) is 16.1. The van der Waals surface area contributed by atoms with Crippen LogP contribution in [0, 0.1) is 0 Å². The molecule has 2 amide bonds. The van der Waals surface area contributed by atoms with Crippen LogP contribution in [0.3, 0.4) is 0 Å². The lowest BCUT2D eigenvalue weighted by Gasteiger charge is -2.33. The van der Waals surface area contributed by atoms with Crippen LogP contribution < -0.4 is 20.4 Å². The summed E-state index contributed by atoms with van der Waals surface area (Å²) in [4.78, 5) is 32.7. The molecule has 5 atom stereocenters. The van der Waals surface area contributed by atoms with Crippen molar-refractivity contribution in [2.75, 3.05) is 55.2 Å². The second-order valence-electron chi connectivity index (χ2n) is 13.3. The maximum absolute atomic E-state index is 13.4. The lowest BCUT2D eigenvalue weighted by atomic mass is 9.93. The number of nitrogens with one attached hydrogen (secondary N) is 2. The highest BCUT2D eigenvalue weighted by Gasteiger charge is 2.68. The summed E-state index contributed by atoms with van der Waals surface area (Å²) in [5, 5.41) is 6.15. The standard InChI is InChI=1S/C38H41N5O5/c1-37(24-13-11-15-26(21-24)39-33(44)28-17-7-9-19-30(28)41(3)4)35-43-32(23-46-35)47-38(2,36(43)48-37)25-14-12-16-27(22-25)40-34(45)29-18-8-10-20-31(29)42(5)6/h7-22,32,35-36H,23H2,1-6H3,(H,39,44)(H,40,45)/t32-,35-,36-,37+,38+/m0/s1. The Kier molecular flexibility index (Phi) is 7.99. The fourth-order valence-corrected chi connectivity index (χ4v) is 7.14. The number of hydrogen-bond donors (Lipinski definition) is 2. The predicted octanol–water partition coefficient (Wildman–Crippen LogP) is 5.82. The molecule has 0 radical (unpaired) electrons. The molecule has 0 bridgehead atoms. The van der Waals surface area contributed by atoms with E-state index in [9.17, 15) is 9.59 Å². The molecule has 3 saturated heterocycles. The molecule has 4 aromatic rings. The molecule has 248 valence electrons. The molecule has 7 rings (SSSR count). The number of amides is 2. The molecular formula is C38H41N5O5. The number of nitrogens with zero attached hydrogens (tertiary/aromatic N) is 3. The van der Waals surface area contributed by atoms with E-state index in [1.807, 2.05) is 149 Å². The van der Waals surface area contributed by atoms with Crippen molar-refractivity contribution in [1.29, 1.82) is 0 Å². The first-order chi connectivity index (χ1) is 23.0.